The molecule has 0 spiro atoms. The predicted octanol–water partition coefficient (Wildman–Crippen LogP) is 5.14. The molecule has 236 valence electrons. The van der Waals surface area contributed by atoms with Gasteiger partial charge in [0.2, 0.25) is 5.91 Å². The van der Waals surface area contributed by atoms with Gasteiger partial charge in [-0.1, -0.05) is 33.8 Å². The zero-order valence-electron chi connectivity index (χ0n) is 26.6. The molecule has 2 amide bonds. The number of aromatic nitrogens is 1. The summed E-state index contributed by atoms with van der Waals surface area (Å²) in [5.41, 5.74) is 0.0301. The van der Waals surface area contributed by atoms with Crippen molar-refractivity contribution in [3.05, 3.63) is 42.2 Å². The molecule has 1 aromatic rings. The van der Waals surface area contributed by atoms with Gasteiger partial charge < -0.3 is 10.2 Å². The van der Waals surface area contributed by atoms with Crippen molar-refractivity contribution in [1.82, 2.24) is 15.0 Å². The third kappa shape index (κ3) is 7.66. The Bertz CT molecular complexity index is 1410. The largest absolute Gasteiger partial charge is 0.370 e. The average Bonchev–Trinajstić information content (AvgIpc) is 3.44. The Labute approximate surface area is 257 Å². The van der Waals surface area contributed by atoms with Crippen molar-refractivity contribution in [3.63, 3.8) is 0 Å². The fraction of sp³-hybridized carbons (Fsp3) is 0.625. The summed E-state index contributed by atoms with van der Waals surface area (Å²) in [6, 6.07) is 3.24. The maximum atomic E-state index is 13.6. The summed E-state index contributed by atoms with van der Waals surface area (Å²) in [5, 5.41) is 2.84. The first-order valence-electron chi connectivity index (χ1n) is 15.4. The quantitative estimate of drug-likeness (QED) is 0.472. The molecule has 1 unspecified atom stereocenters. The highest BCUT2D eigenvalue weighted by Gasteiger charge is 2.42. The van der Waals surface area contributed by atoms with Gasteiger partial charge in [-0.2, -0.15) is 8.42 Å². The summed E-state index contributed by atoms with van der Waals surface area (Å²) in [4.78, 5) is 40.1. The summed E-state index contributed by atoms with van der Waals surface area (Å²) in [5.74, 6) is 0.841. The standard InChI is InChI=1S/C32H48N6O4S/c1-8-25-33-18-11-12-22-20-32(6,7)38(21-22)28-24(29(39)36-43(41,42)27(9-2)34-25)14-15-26(35-28)37-19-16-23(30(37)40)13-10-17-31(3,4)5/h8-9,14-15,22-23,33H,2,10-13,16-21H2,1,3-7H3,(H,36,39)/b25-8-,34-27?/t22-,23?/m0/s1. The first-order valence-corrected chi connectivity index (χ1v) is 16.9. The van der Waals surface area contributed by atoms with Crippen molar-refractivity contribution in [3.8, 4) is 0 Å². The minimum atomic E-state index is -4.33. The smallest absolute Gasteiger partial charge is 0.281 e. The van der Waals surface area contributed by atoms with E-state index in [9.17, 15) is 18.0 Å². The van der Waals surface area contributed by atoms with Crippen LogP contribution in [-0.4, -0.2) is 55.4 Å². The predicted molar refractivity (Wildman–Crippen MR) is 173 cm³/mol. The molecule has 2 fully saturated rings. The molecular weight excluding hydrogens is 564 g/mol. The van der Waals surface area contributed by atoms with Crippen LogP contribution in [0, 0.1) is 17.3 Å². The highest BCUT2D eigenvalue weighted by molar-refractivity contribution is 8.05. The summed E-state index contributed by atoms with van der Waals surface area (Å²) < 4.78 is 28.7. The van der Waals surface area contributed by atoms with Crippen molar-refractivity contribution >= 4 is 38.5 Å². The number of rotatable bonds is 5. The van der Waals surface area contributed by atoms with Gasteiger partial charge in [0.15, 0.2) is 5.04 Å². The van der Waals surface area contributed by atoms with Gasteiger partial charge in [0.1, 0.15) is 17.5 Å². The second kappa shape index (κ2) is 12.8. The Kier molecular flexibility index (Phi) is 9.73. The van der Waals surface area contributed by atoms with Crippen molar-refractivity contribution < 1.29 is 18.0 Å². The second-order valence-electron chi connectivity index (χ2n) is 13.8. The minimum absolute atomic E-state index is 0.0462. The van der Waals surface area contributed by atoms with E-state index >= 15 is 0 Å². The number of aliphatic imine (C=N–C) groups is 1. The van der Waals surface area contributed by atoms with Crippen LogP contribution in [-0.2, 0) is 14.8 Å². The number of fused-ring (bicyclic) bond motifs is 4. The summed E-state index contributed by atoms with van der Waals surface area (Å²) in [7, 11) is -4.33. The summed E-state index contributed by atoms with van der Waals surface area (Å²) >= 11 is 0. The monoisotopic (exact) mass is 612 g/mol. The molecule has 2 bridgehead atoms. The number of hydrogen-bond donors (Lipinski definition) is 2. The maximum absolute atomic E-state index is 13.6. The molecule has 1 aromatic heterocycles. The normalized spacial score (nSPS) is 25.3. The first kappa shape index (κ1) is 32.7. The highest BCUT2D eigenvalue weighted by atomic mass is 32.2. The Balaban J connectivity index is 1.71. The van der Waals surface area contributed by atoms with Crippen molar-refractivity contribution in [2.75, 3.05) is 29.4 Å². The van der Waals surface area contributed by atoms with Crippen molar-refractivity contribution in [1.29, 1.82) is 0 Å². The molecule has 0 aromatic carbocycles. The number of allylic oxidation sites excluding steroid dienone is 1. The van der Waals surface area contributed by atoms with E-state index in [2.05, 4.69) is 61.1 Å². The molecule has 11 heteroatoms. The van der Waals surface area contributed by atoms with E-state index in [1.807, 2.05) is 0 Å². The van der Waals surface area contributed by atoms with Crippen LogP contribution in [0.5, 0.6) is 0 Å². The maximum Gasteiger partial charge on any atom is 0.281 e. The third-order valence-corrected chi connectivity index (χ3v) is 9.93. The van der Waals surface area contributed by atoms with Crippen LogP contribution < -0.4 is 19.8 Å². The molecule has 3 aliphatic heterocycles. The molecule has 0 radical (unpaired) electrons. The van der Waals surface area contributed by atoms with Gasteiger partial charge in [0, 0.05) is 31.1 Å². The molecule has 2 N–H and O–H groups in total. The van der Waals surface area contributed by atoms with Crippen LogP contribution in [0.15, 0.2) is 41.7 Å². The number of amides is 2. The van der Waals surface area contributed by atoms with Crippen LogP contribution in [0.25, 0.3) is 0 Å². The molecule has 2 atom stereocenters. The van der Waals surface area contributed by atoms with E-state index in [4.69, 9.17) is 4.98 Å². The molecule has 43 heavy (non-hydrogen) atoms. The molecule has 10 nitrogen and oxygen atoms in total. The molecule has 4 rings (SSSR count). The molecule has 4 heterocycles. The lowest BCUT2D eigenvalue weighted by atomic mass is 9.87. The topological polar surface area (TPSA) is 124 Å². The second-order valence-corrected chi connectivity index (χ2v) is 15.4. The molecule has 0 saturated carbocycles. The van der Waals surface area contributed by atoms with Gasteiger partial charge in [-0.25, -0.2) is 14.7 Å². The van der Waals surface area contributed by atoms with Crippen LogP contribution in [0.4, 0.5) is 11.6 Å². The van der Waals surface area contributed by atoms with Gasteiger partial charge in [-0.05, 0) is 94.9 Å². The van der Waals surface area contributed by atoms with Gasteiger partial charge in [-0.3, -0.25) is 14.5 Å². The number of pyridine rings is 1. The average molecular weight is 613 g/mol. The first-order chi connectivity index (χ1) is 20.1. The van der Waals surface area contributed by atoms with Gasteiger partial charge in [0.05, 0.1) is 5.56 Å². The summed E-state index contributed by atoms with van der Waals surface area (Å²) in [6.45, 7) is 18.1. The minimum Gasteiger partial charge on any atom is -0.370 e. The van der Waals surface area contributed by atoms with E-state index < -0.39 is 15.9 Å². The van der Waals surface area contributed by atoms with Gasteiger partial charge in [-0.15, -0.1) is 0 Å². The van der Waals surface area contributed by atoms with Crippen LogP contribution >= 0.6 is 0 Å². The Hall–Kier alpha value is -3.21. The van der Waals surface area contributed by atoms with E-state index in [-0.39, 0.29) is 33.4 Å². The highest BCUT2D eigenvalue weighted by Crippen LogP contribution is 2.40. The zero-order chi connectivity index (χ0) is 31.6. The Morgan fingerprint density at radius 2 is 1.93 bits per heavy atom. The lowest BCUT2D eigenvalue weighted by Crippen LogP contribution is -2.42. The van der Waals surface area contributed by atoms with Crippen molar-refractivity contribution in [2.45, 2.75) is 92.0 Å². The Morgan fingerprint density at radius 1 is 1.19 bits per heavy atom. The number of nitrogens with one attached hydrogen (secondary N) is 2. The number of sulfonamides is 1. The number of carbonyl (C=O) groups excluding carboxylic acids is 2. The van der Waals surface area contributed by atoms with Crippen LogP contribution in [0.3, 0.4) is 0 Å². The van der Waals surface area contributed by atoms with E-state index in [0.29, 0.717) is 43.0 Å². The van der Waals surface area contributed by atoms with Crippen molar-refractivity contribution in [2.24, 2.45) is 22.2 Å². The fourth-order valence-corrected chi connectivity index (χ4v) is 7.31. The molecule has 3 aliphatic rings. The fourth-order valence-electron chi connectivity index (χ4n) is 6.41. The van der Waals surface area contributed by atoms with Crippen LogP contribution in [0.2, 0.25) is 0 Å². The molecular formula is C32H48N6O4S. The molecule has 2 saturated heterocycles. The number of carbonyl (C=O) groups is 2. The lowest BCUT2D eigenvalue weighted by Gasteiger charge is -2.34. The number of anilines is 2. The SMILES string of the molecule is C=CC1=N/C(=C\C)NCCC[C@@H]2CN(c3nc(N4CCC(CCCC(C)(C)C)C4=O)ccc3C(=O)NS1(=O)=O)C(C)(C)C2. The van der Waals surface area contributed by atoms with E-state index in [0.717, 1.165) is 51.0 Å². The summed E-state index contributed by atoms with van der Waals surface area (Å²) in [6.07, 6.45) is 9.18. The lowest BCUT2D eigenvalue weighted by molar-refractivity contribution is -0.120. The van der Waals surface area contributed by atoms with Gasteiger partial charge in [0.25, 0.3) is 15.9 Å². The molecule has 0 aliphatic carbocycles. The van der Waals surface area contributed by atoms with Crippen LogP contribution in [0.1, 0.15) is 96.8 Å². The number of nitrogens with zero attached hydrogens (tertiary/aromatic N) is 4. The van der Waals surface area contributed by atoms with E-state index in [1.54, 1.807) is 30.0 Å². The Morgan fingerprint density at radius 3 is 2.60 bits per heavy atom. The number of hydrogen-bond acceptors (Lipinski definition) is 8. The van der Waals surface area contributed by atoms with E-state index in [1.165, 1.54) is 0 Å². The zero-order valence-corrected chi connectivity index (χ0v) is 27.4. The van der Waals surface area contributed by atoms with Gasteiger partial charge >= 0.3 is 0 Å². The third-order valence-electron chi connectivity index (χ3n) is 8.67.